The van der Waals surface area contributed by atoms with Gasteiger partial charge in [0.1, 0.15) is 35.4 Å². The van der Waals surface area contributed by atoms with Crippen LogP contribution in [0, 0.1) is 5.92 Å². The Balaban J connectivity index is 1.89. The first kappa shape index (κ1) is 19.3. The molecule has 0 bridgehead atoms. The van der Waals surface area contributed by atoms with E-state index >= 15 is 0 Å². The molecule has 5 nitrogen and oxygen atoms in total. The minimum absolute atomic E-state index is 0.171. The van der Waals surface area contributed by atoms with E-state index in [2.05, 4.69) is 0 Å². The van der Waals surface area contributed by atoms with E-state index in [1.54, 1.807) is 0 Å². The standard InChI is InChI=1S/C19H33NO4S/c1-16-17(21)9-7-5-3-2-4-6-8-10-18-19(16,15-25(18,22)23)20-11-13-24-14-12-20/h16,18H,2-15H2,1H3/p+1/t16-,18+,19-/m0/s1. The molecule has 3 atom stereocenters. The molecule has 1 saturated carbocycles. The summed E-state index contributed by atoms with van der Waals surface area (Å²) in [4.78, 5) is 14.2. The van der Waals surface area contributed by atoms with Gasteiger partial charge in [0.25, 0.3) is 0 Å². The van der Waals surface area contributed by atoms with Gasteiger partial charge in [-0.25, -0.2) is 8.42 Å². The van der Waals surface area contributed by atoms with E-state index in [1.807, 2.05) is 6.92 Å². The molecule has 25 heavy (non-hydrogen) atoms. The third kappa shape index (κ3) is 3.81. The SMILES string of the molecule is C[C@H]1C(=O)CCCCCCCCC[C@@H]2[C@]1([NH+]1CCOCC1)CS2(=O)=O. The Morgan fingerprint density at radius 3 is 2.24 bits per heavy atom. The second kappa shape index (κ2) is 8.05. The lowest BCUT2D eigenvalue weighted by atomic mass is 9.75. The molecule has 2 heterocycles. The number of ketones is 1. The second-order valence-electron chi connectivity index (χ2n) is 8.25. The van der Waals surface area contributed by atoms with Crippen molar-refractivity contribution < 1.29 is 22.8 Å². The number of fused-ring (bicyclic) bond motifs is 1. The van der Waals surface area contributed by atoms with Crippen LogP contribution in [0.5, 0.6) is 0 Å². The van der Waals surface area contributed by atoms with Crippen LogP contribution in [0.25, 0.3) is 0 Å². The van der Waals surface area contributed by atoms with Crippen molar-refractivity contribution in [2.75, 3.05) is 32.1 Å². The molecule has 3 aliphatic rings. The van der Waals surface area contributed by atoms with Crippen molar-refractivity contribution in [2.45, 2.75) is 75.5 Å². The Morgan fingerprint density at radius 1 is 1.00 bits per heavy atom. The summed E-state index contributed by atoms with van der Waals surface area (Å²) in [6, 6.07) is 0. The Bertz CT molecular complexity index is 570. The summed E-state index contributed by atoms with van der Waals surface area (Å²) in [5.74, 6) is 0.292. The van der Waals surface area contributed by atoms with Gasteiger partial charge in [-0.1, -0.05) is 38.5 Å². The van der Waals surface area contributed by atoms with Crippen LogP contribution in [0.1, 0.15) is 64.7 Å². The van der Waals surface area contributed by atoms with Crippen LogP contribution in [0.15, 0.2) is 0 Å². The quantitative estimate of drug-likeness (QED) is 0.750. The lowest BCUT2D eigenvalue weighted by molar-refractivity contribution is -0.961. The van der Waals surface area contributed by atoms with Crippen LogP contribution in [0.3, 0.4) is 0 Å². The van der Waals surface area contributed by atoms with E-state index in [0.717, 1.165) is 45.2 Å². The van der Waals surface area contributed by atoms with Gasteiger partial charge in [0, 0.05) is 6.42 Å². The maximum absolute atomic E-state index is 12.9. The predicted octanol–water partition coefficient (Wildman–Crippen LogP) is 1.17. The minimum Gasteiger partial charge on any atom is -0.370 e. The zero-order chi connectivity index (χ0) is 17.9. The fourth-order valence-corrected chi connectivity index (χ4v) is 8.17. The average molecular weight is 373 g/mol. The molecule has 0 aromatic heterocycles. The highest BCUT2D eigenvalue weighted by Gasteiger charge is 2.68. The highest BCUT2D eigenvalue weighted by Crippen LogP contribution is 2.40. The van der Waals surface area contributed by atoms with Gasteiger partial charge in [-0.3, -0.25) is 4.79 Å². The summed E-state index contributed by atoms with van der Waals surface area (Å²) >= 11 is 0. The monoisotopic (exact) mass is 372 g/mol. The number of carbonyl (C=O) groups excluding carboxylic acids is 1. The number of morpholine rings is 1. The van der Waals surface area contributed by atoms with Crippen molar-refractivity contribution in [1.82, 2.24) is 0 Å². The molecule has 144 valence electrons. The smallest absolute Gasteiger partial charge is 0.165 e. The fourth-order valence-electron chi connectivity index (χ4n) is 5.32. The summed E-state index contributed by atoms with van der Waals surface area (Å²) in [5, 5.41) is -0.340. The zero-order valence-corrected chi connectivity index (χ0v) is 16.4. The molecule has 0 aromatic carbocycles. The van der Waals surface area contributed by atoms with Gasteiger partial charge in [-0.15, -0.1) is 0 Å². The van der Waals surface area contributed by atoms with E-state index in [9.17, 15) is 13.2 Å². The normalized spacial score (nSPS) is 38.5. The first-order valence-corrected chi connectivity index (χ1v) is 11.9. The molecule has 6 heteroatoms. The molecular formula is C19H34NO4S+. The molecule has 2 aliphatic heterocycles. The number of ether oxygens (including phenoxy) is 1. The Morgan fingerprint density at radius 2 is 1.60 bits per heavy atom. The Kier molecular flexibility index (Phi) is 6.22. The molecular weight excluding hydrogens is 338 g/mol. The molecule has 3 rings (SSSR count). The molecule has 0 unspecified atom stereocenters. The minimum atomic E-state index is -3.06. The summed E-state index contributed by atoms with van der Waals surface area (Å²) in [5.41, 5.74) is -0.409. The van der Waals surface area contributed by atoms with Crippen molar-refractivity contribution in [2.24, 2.45) is 5.92 Å². The van der Waals surface area contributed by atoms with Crippen molar-refractivity contribution in [1.29, 1.82) is 0 Å². The van der Waals surface area contributed by atoms with E-state index in [1.165, 1.54) is 24.2 Å². The number of carbonyl (C=O) groups is 1. The summed E-state index contributed by atoms with van der Waals surface area (Å²) < 4.78 is 30.9. The first-order valence-electron chi connectivity index (χ1n) is 10.2. The van der Waals surface area contributed by atoms with Crippen LogP contribution in [-0.4, -0.2) is 57.0 Å². The maximum atomic E-state index is 12.9. The van der Waals surface area contributed by atoms with Gasteiger partial charge >= 0.3 is 0 Å². The van der Waals surface area contributed by atoms with Gasteiger partial charge in [-0.2, -0.15) is 0 Å². The number of sulfone groups is 1. The highest BCUT2D eigenvalue weighted by atomic mass is 32.2. The third-order valence-electron chi connectivity index (χ3n) is 6.85. The van der Waals surface area contributed by atoms with E-state index in [4.69, 9.17) is 4.74 Å². The number of nitrogens with one attached hydrogen (secondary N) is 1. The molecule has 0 aromatic rings. The van der Waals surface area contributed by atoms with Gasteiger partial charge < -0.3 is 9.64 Å². The van der Waals surface area contributed by atoms with Crippen molar-refractivity contribution in [3.05, 3.63) is 0 Å². The summed E-state index contributed by atoms with van der Waals surface area (Å²) in [6.45, 7) is 4.99. The van der Waals surface area contributed by atoms with Gasteiger partial charge in [0.2, 0.25) is 0 Å². The molecule has 1 aliphatic carbocycles. The highest BCUT2D eigenvalue weighted by molar-refractivity contribution is 7.93. The molecule has 0 spiro atoms. The predicted molar refractivity (Wildman–Crippen MR) is 97.5 cm³/mol. The van der Waals surface area contributed by atoms with Crippen molar-refractivity contribution in [3.8, 4) is 0 Å². The number of hydrogen-bond donors (Lipinski definition) is 1. The second-order valence-corrected chi connectivity index (χ2v) is 10.4. The van der Waals surface area contributed by atoms with Crippen LogP contribution in [0.2, 0.25) is 0 Å². The zero-order valence-electron chi connectivity index (χ0n) is 15.6. The lowest BCUT2D eigenvalue weighted by Crippen LogP contribution is -3.27. The molecule has 0 radical (unpaired) electrons. The first-order chi connectivity index (χ1) is 12.0. The van der Waals surface area contributed by atoms with Gasteiger partial charge in [0.05, 0.1) is 19.1 Å². The van der Waals surface area contributed by atoms with Crippen molar-refractivity contribution in [3.63, 3.8) is 0 Å². The van der Waals surface area contributed by atoms with Crippen LogP contribution in [-0.2, 0) is 19.4 Å². The van der Waals surface area contributed by atoms with E-state index in [0.29, 0.717) is 19.6 Å². The third-order valence-corrected chi connectivity index (χ3v) is 9.25. The number of hydrogen-bond acceptors (Lipinski definition) is 4. The summed E-state index contributed by atoms with van der Waals surface area (Å²) in [6.07, 6.45) is 9.09. The van der Waals surface area contributed by atoms with E-state index in [-0.39, 0.29) is 22.7 Å². The maximum Gasteiger partial charge on any atom is 0.165 e. The Hall–Kier alpha value is -0.460. The van der Waals surface area contributed by atoms with Crippen molar-refractivity contribution >= 4 is 15.6 Å². The van der Waals surface area contributed by atoms with Crippen LogP contribution in [0.4, 0.5) is 0 Å². The molecule has 0 amide bonds. The van der Waals surface area contributed by atoms with E-state index < -0.39 is 15.4 Å². The number of rotatable bonds is 1. The van der Waals surface area contributed by atoms with Crippen LogP contribution < -0.4 is 4.90 Å². The molecule has 3 fully saturated rings. The number of Topliss-reactive ketones (excluding diaryl/α,β-unsaturated/α-hetero) is 1. The fraction of sp³-hybridized carbons (Fsp3) is 0.947. The topological polar surface area (TPSA) is 64.9 Å². The molecule has 1 N–H and O–H groups in total. The largest absolute Gasteiger partial charge is 0.370 e. The number of quaternary nitrogens is 1. The lowest BCUT2D eigenvalue weighted by Gasteiger charge is -2.55. The van der Waals surface area contributed by atoms with Gasteiger partial charge in [0.15, 0.2) is 9.84 Å². The Labute approximate surface area is 152 Å². The van der Waals surface area contributed by atoms with Gasteiger partial charge in [-0.05, 0) is 19.8 Å². The van der Waals surface area contributed by atoms with Crippen LogP contribution >= 0.6 is 0 Å². The summed E-state index contributed by atoms with van der Waals surface area (Å²) in [7, 11) is -3.06. The average Bonchev–Trinajstić information content (AvgIpc) is 2.61. The molecule has 2 saturated heterocycles.